The number of aromatic nitrogens is 2. The second-order valence-electron chi connectivity index (χ2n) is 7.65. The smallest absolute Gasteiger partial charge is 0.141 e. The van der Waals surface area contributed by atoms with Gasteiger partial charge in [-0.1, -0.05) is 23.7 Å². The number of nitrogens with zero attached hydrogens (tertiary/aromatic N) is 3. The number of morpholine rings is 1. The lowest BCUT2D eigenvalue weighted by atomic mass is 10.1. The Morgan fingerprint density at radius 2 is 1.71 bits per heavy atom. The van der Waals surface area contributed by atoms with Gasteiger partial charge < -0.3 is 18.9 Å². The van der Waals surface area contributed by atoms with E-state index in [9.17, 15) is 0 Å². The number of ether oxygens (including phenoxy) is 2. The zero-order valence-electron chi connectivity index (χ0n) is 17.4. The van der Waals surface area contributed by atoms with E-state index in [2.05, 4.69) is 33.7 Å². The molecule has 0 unspecified atom stereocenters. The normalized spacial score (nSPS) is 14.2. The molecule has 1 fully saturated rings. The van der Waals surface area contributed by atoms with Crippen LogP contribution in [0, 0.1) is 0 Å². The number of hydrogen-bond donors (Lipinski definition) is 0. The zero-order valence-corrected chi connectivity index (χ0v) is 18.2. The highest BCUT2D eigenvalue weighted by atomic mass is 35.5. The molecule has 0 amide bonds. The third-order valence-electron chi connectivity index (χ3n) is 5.71. The first-order chi connectivity index (χ1) is 15.2. The second-order valence-corrected chi connectivity index (χ2v) is 8.09. The fourth-order valence-electron chi connectivity index (χ4n) is 4.04. The average molecular weight is 434 g/mol. The van der Waals surface area contributed by atoms with Gasteiger partial charge in [0.2, 0.25) is 0 Å². The summed E-state index contributed by atoms with van der Waals surface area (Å²) in [5, 5.41) is 0.688. The van der Waals surface area contributed by atoms with Gasteiger partial charge in [0.15, 0.2) is 0 Å². The molecule has 0 radical (unpaired) electrons. The van der Waals surface area contributed by atoms with E-state index in [4.69, 9.17) is 26.1 Å². The number of methoxy groups -OCH3 is 1. The molecule has 1 saturated heterocycles. The summed E-state index contributed by atoms with van der Waals surface area (Å²) in [5.74, 6) is 1.74. The summed E-state index contributed by atoms with van der Waals surface area (Å²) in [6, 6.07) is 22.7. The van der Waals surface area contributed by atoms with Gasteiger partial charge in [-0.2, -0.15) is 0 Å². The minimum atomic E-state index is 0.688. The van der Waals surface area contributed by atoms with Crippen LogP contribution in [-0.4, -0.2) is 43.0 Å². The molecule has 1 aliphatic heterocycles. The van der Waals surface area contributed by atoms with Crippen molar-refractivity contribution in [3.63, 3.8) is 0 Å². The Hall–Kier alpha value is -3.02. The van der Waals surface area contributed by atoms with Crippen LogP contribution in [0.25, 0.3) is 22.4 Å². The summed E-state index contributed by atoms with van der Waals surface area (Å²) in [4.78, 5) is 7.27. The Kier molecular flexibility index (Phi) is 5.53. The number of imidazole rings is 1. The summed E-state index contributed by atoms with van der Waals surface area (Å²) >= 11 is 6.24. The lowest BCUT2D eigenvalue weighted by molar-refractivity contribution is 0.122. The topological polar surface area (TPSA) is 39.5 Å². The highest BCUT2D eigenvalue weighted by Crippen LogP contribution is 2.29. The fourth-order valence-corrected chi connectivity index (χ4v) is 4.21. The van der Waals surface area contributed by atoms with Crippen LogP contribution >= 0.6 is 11.6 Å². The Balaban J connectivity index is 1.50. The van der Waals surface area contributed by atoms with E-state index < -0.39 is 0 Å². The van der Waals surface area contributed by atoms with Crippen molar-refractivity contribution in [3.05, 3.63) is 77.3 Å². The first-order valence-corrected chi connectivity index (χ1v) is 10.8. The van der Waals surface area contributed by atoms with Crippen LogP contribution < -0.4 is 9.64 Å². The molecule has 0 bridgehead atoms. The highest BCUT2D eigenvalue weighted by Gasteiger charge is 2.15. The zero-order chi connectivity index (χ0) is 21.2. The largest absolute Gasteiger partial charge is 0.497 e. The van der Waals surface area contributed by atoms with Crippen LogP contribution in [0.3, 0.4) is 0 Å². The number of anilines is 1. The van der Waals surface area contributed by atoms with Gasteiger partial charge in [0.05, 0.1) is 31.4 Å². The lowest BCUT2D eigenvalue weighted by Crippen LogP contribution is -2.36. The predicted octanol–water partition coefficient (Wildman–Crippen LogP) is 5.25. The van der Waals surface area contributed by atoms with E-state index in [0.29, 0.717) is 5.02 Å². The van der Waals surface area contributed by atoms with Gasteiger partial charge in [-0.05, 0) is 60.2 Å². The number of halogens is 1. The van der Waals surface area contributed by atoms with Crippen LogP contribution in [-0.2, 0) is 11.3 Å². The minimum absolute atomic E-state index is 0.688. The third kappa shape index (κ3) is 4.11. The SMILES string of the molecule is COc1ccc(-c2nc3cc(Cl)ccc3n2Cc2ccc(N3CCOCC3)cc2)cc1. The molecular weight excluding hydrogens is 410 g/mol. The standard InChI is InChI=1S/C25H24ClN3O2/c1-30-22-9-4-19(5-10-22)25-27-23-16-20(26)6-11-24(23)29(25)17-18-2-7-21(8-3-18)28-12-14-31-15-13-28/h2-11,16H,12-15,17H2,1H3. The quantitative estimate of drug-likeness (QED) is 0.431. The molecule has 1 aliphatic rings. The molecule has 0 atom stereocenters. The molecule has 158 valence electrons. The van der Waals surface area contributed by atoms with Crippen molar-refractivity contribution in [1.82, 2.24) is 9.55 Å². The van der Waals surface area contributed by atoms with Crippen molar-refractivity contribution < 1.29 is 9.47 Å². The number of rotatable bonds is 5. The summed E-state index contributed by atoms with van der Waals surface area (Å²) in [6.07, 6.45) is 0. The number of hydrogen-bond acceptors (Lipinski definition) is 4. The van der Waals surface area contributed by atoms with Gasteiger partial charge in [-0.15, -0.1) is 0 Å². The minimum Gasteiger partial charge on any atom is -0.497 e. The molecule has 5 rings (SSSR count). The maximum Gasteiger partial charge on any atom is 0.141 e. The van der Waals surface area contributed by atoms with Crippen molar-refractivity contribution in [2.45, 2.75) is 6.54 Å². The molecule has 0 aliphatic carbocycles. The molecule has 6 heteroatoms. The molecule has 0 N–H and O–H groups in total. The van der Waals surface area contributed by atoms with Crippen LogP contribution in [0.1, 0.15) is 5.56 Å². The van der Waals surface area contributed by atoms with Crippen LogP contribution in [0.4, 0.5) is 5.69 Å². The van der Waals surface area contributed by atoms with E-state index in [1.54, 1.807) is 7.11 Å². The van der Waals surface area contributed by atoms with E-state index >= 15 is 0 Å². The molecule has 2 heterocycles. The summed E-state index contributed by atoms with van der Waals surface area (Å²) < 4.78 is 13.0. The maximum absolute atomic E-state index is 6.24. The Morgan fingerprint density at radius 3 is 2.42 bits per heavy atom. The van der Waals surface area contributed by atoms with E-state index in [1.807, 2.05) is 42.5 Å². The van der Waals surface area contributed by atoms with Gasteiger partial charge in [-0.25, -0.2) is 4.98 Å². The van der Waals surface area contributed by atoms with Crippen molar-refractivity contribution >= 4 is 28.3 Å². The van der Waals surface area contributed by atoms with Gasteiger partial charge >= 0.3 is 0 Å². The number of fused-ring (bicyclic) bond motifs is 1. The first-order valence-electron chi connectivity index (χ1n) is 10.4. The van der Waals surface area contributed by atoms with Crippen molar-refractivity contribution in [3.8, 4) is 17.1 Å². The van der Waals surface area contributed by atoms with Gasteiger partial charge in [-0.3, -0.25) is 0 Å². The Morgan fingerprint density at radius 1 is 0.968 bits per heavy atom. The summed E-state index contributed by atoms with van der Waals surface area (Å²) in [7, 11) is 1.67. The second kappa shape index (κ2) is 8.61. The fraction of sp³-hybridized carbons (Fsp3) is 0.240. The van der Waals surface area contributed by atoms with Gasteiger partial charge in [0.1, 0.15) is 11.6 Å². The summed E-state index contributed by atoms with van der Waals surface area (Å²) in [5.41, 5.74) is 5.46. The van der Waals surface area contributed by atoms with Crippen LogP contribution in [0.15, 0.2) is 66.7 Å². The molecule has 5 nitrogen and oxygen atoms in total. The Labute approximate surface area is 186 Å². The first kappa shape index (κ1) is 19.9. The average Bonchev–Trinajstić information content (AvgIpc) is 3.17. The molecule has 4 aromatic rings. The Bertz CT molecular complexity index is 1180. The number of benzene rings is 3. The summed E-state index contributed by atoms with van der Waals surface area (Å²) in [6.45, 7) is 4.18. The van der Waals surface area contributed by atoms with Crippen LogP contribution in [0.2, 0.25) is 5.02 Å². The van der Waals surface area contributed by atoms with Gasteiger partial charge in [0, 0.05) is 35.9 Å². The molecule has 3 aromatic carbocycles. The van der Waals surface area contributed by atoms with E-state index in [-0.39, 0.29) is 0 Å². The predicted molar refractivity (Wildman–Crippen MR) is 125 cm³/mol. The van der Waals surface area contributed by atoms with E-state index in [1.165, 1.54) is 11.3 Å². The van der Waals surface area contributed by atoms with Gasteiger partial charge in [0.25, 0.3) is 0 Å². The molecule has 0 saturated carbocycles. The van der Waals surface area contributed by atoms with Crippen molar-refractivity contribution in [2.24, 2.45) is 0 Å². The molecule has 1 aromatic heterocycles. The monoisotopic (exact) mass is 433 g/mol. The maximum atomic E-state index is 6.24. The van der Waals surface area contributed by atoms with Crippen molar-refractivity contribution in [1.29, 1.82) is 0 Å². The molecule has 0 spiro atoms. The molecular formula is C25H24ClN3O2. The lowest BCUT2D eigenvalue weighted by Gasteiger charge is -2.29. The van der Waals surface area contributed by atoms with Crippen LogP contribution in [0.5, 0.6) is 5.75 Å². The third-order valence-corrected chi connectivity index (χ3v) is 5.95. The molecule has 31 heavy (non-hydrogen) atoms. The highest BCUT2D eigenvalue weighted by molar-refractivity contribution is 6.31. The van der Waals surface area contributed by atoms with Crippen molar-refractivity contribution in [2.75, 3.05) is 38.3 Å². The van der Waals surface area contributed by atoms with E-state index in [0.717, 1.165) is 61.0 Å².